The van der Waals surface area contributed by atoms with Gasteiger partial charge in [-0.1, -0.05) is 35.9 Å². The molecule has 1 N–H and O–H groups in total. The molecule has 25 heavy (non-hydrogen) atoms. The Morgan fingerprint density at radius 2 is 1.84 bits per heavy atom. The summed E-state index contributed by atoms with van der Waals surface area (Å²) in [5.74, 6) is -0.274. The molecule has 0 spiro atoms. The van der Waals surface area contributed by atoms with Gasteiger partial charge >= 0.3 is 0 Å². The standard InChI is InChI=1S/C19H22N2O3S/c1-14-10-11-17(15(2)13-14)20-19(22)18-9-6-12-21(18)25(23,24)16-7-4-3-5-8-16/h3-5,7-8,10-11,13,18H,6,9,12H2,1-2H3,(H,20,22)/t18-/m1/s1. The average Bonchev–Trinajstić information content (AvgIpc) is 3.09. The van der Waals surface area contributed by atoms with Crippen LogP contribution in [0.2, 0.25) is 0 Å². The second kappa shape index (κ2) is 6.98. The van der Waals surface area contributed by atoms with Crippen molar-refractivity contribution < 1.29 is 13.2 Å². The van der Waals surface area contributed by atoms with Crippen molar-refractivity contribution in [3.8, 4) is 0 Å². The summed E-state index contributed by atoms with van der Waals surface area (Å²) in [5, 5.41) is 2.89. The van der Waals surface area contributed by atoms with Gasteiger partial charge in [0.1, 0.15) is 6.04 Å². The largest absolute Gasteiger partial charge is 0.324 e. The van der Waals surface area contributed by atoms with Crippen LogP contribution in [0.4, 0.5) is 5.69 Å². The first-order chi connectivity index (χ1) is 11.9. The smallest absolute Gasteiger partial charge is 0.243 e. The zero-order chi connectivity index (χ0) is 18.0. The van der Waals surface area contributed by atoms with E-state index in [2.05, 4.69) is 5.32 Å². The molecule has 0 radical (unpaired) electrons. The molecule has 3 rings (SSSR count). The van der Waals surface area contributed by atoms with E-state index >= 15 is 0 Å². The molecule has 0 aliphatic carbocycles. The minimum absolute atomic E-state index is 0.223. The summed E-state index contributed by atoms with van der Waals surface area (Å²) in [6.07, 6.45) is 1.21. The van der Waals surface area contributed by atoms with Gasteiger partial charge < -0.3 is 5.32 Å². The summed E-state index contributed by atoms with van der Waals surface area (Å²) in [5.41, 5.74) is 2.80. The van der Waals surface area contributed by atoms with Crippen LogP contribution < -0.4 is 5.32 Å². The molecule has 0 bridgehead atoms. The van der Waals surface area contributed by atoms with Gasteiger partial charge in [-0.2, -0.15) is 4.31 Å². The van der Waals surface area contributed by atoms with E-state index in [1.54, 1.807) is 30.3 Å². The number of benzene rings is 2. The highest BCUT2D eigenvalue weighted by atomic mass is 32.2. The predicted octanol–water partition coefficient (Wildman–Crippen LogP) is 3.10. The van der Waals surface area contributed by atoms with Gasteiger partial charge in [0.15, 0.2) is 0 Å². The fourth-order valence-corrected chi connectivity index (χ4v) is 4.87. The SMILES string of the molecule is Cc1ccc(NC(=O)[C@H]2CCCN2S(=O)(=O)c2ccccc2)c(C)c1. The van der Waals surface area contributed by atoms with E-state index in [9.17, 15) is 13.2 Å². The summed E-state index contributed by atoms with van der Waals surface area (Å²) in [6, 6.07) is 13.4. The molecule has 0 saturated carbocycles. The monoisotopic (exact) mass is 358 g/mol. The summed E-state index contributed by atoms with van der Waals surface area (Å²) in [7, 11) is -3.67. The highest BCUT2D eigenvalue weighted by molar-refractivity contribution is 7.89. The van der Waals surface area contributed by atoms with E-state index in [0.717, 1.165) is 16.8 Å². The van der Waals surface area contributed by atoms with Crippen molar-refractivity contribution in [3.05, 3.63) is 59.7 Å². The van der Waals surface area contributed by atoms with Gasteiger partial charge in [-0.15, -0.1) is 0 Å². The van der Waals surface area contributed by atoms with E-state index in [4.69, 9.17) is 0 Å². The van der Waals surface area contributed by atoms with E-state index in [1.807, 2.05) is 32.0 Å². The highest BCUT2D eigenvalue weighted by Crippen LogP contribution is 2.27. The van der Waals surface area contributed by atoms with Crippen LogP contribution in [0.25, 0.3) is 0 Å². The lowest BCUT2D eigenvalue weighted by Gasteiger charge is -2.23. The molecule has 2 aromatic rings. The zero-order valence-electron chi connectivity index (χ0n) is 14.4. The third-order valence-electron chi connectivity index (χ3n) is 4.50. The number of carbonyl (C=O) groups excluding carboxylic acids is 1. The van der Waals surface area contributed by atoms with Crippen LogP contribution in [0.1, 0.15) is 24.0 Å². The van der Waals surface area contributed by atoms with E-state index in [0.29, 0.717) is 19.4 Å². The Kier molecular flexibility index (Phi) is 4.92. The Bertz CT molecular complexity index is 879. The molecule has 0 aromatic heterocycles. The van der Waals surface area contributed by atoms with Crippen LogP contribution in [-0.2, 0) is 14.8 Å². The molecule has 1 saturated heterocycles. The Balaban J connectivity index is 1.83. The van der Waals surface area contributed by atoms with Crippen LogP contribution in [0.3, 0.4) is 0 Å². The number of sulfonamides is 1. The molecular weight excluding hydrogens is 336 g/mol. The molecule has 1 atom stereocenters. The first kappa shape index (κ1) is 17.6. The number of amides is 1. The van der Waals surface area contributed by atoms with Gasteiger partial charge in [0.2, 0.25) is 15.9 Å². The normalized spacial score (nSPS) is 18.2. The number of hydrogen-bond donors (Lipinski definition) is 1. The van der Waals surface area contributed by atoms with E-state index in [-0.39, 0.29) is 10.8 Å². The van der Waals surface area contributed by atoms with Crippen LogP contribution in [0.15, 0.2) is 53.4 Å². The first-order valence-corrected chi connectivity index (χ1v) is 9.78. The van der Waals surface area contributed by atoms with E-state index < -0.39 is 16.1 Å². The van der Waals surface area contributed by atoms with Crippen molar-refractivity contribution in [1.82, 2.24) is 4.31 Å². The van der Waals surface area contributed by atoms with Gasteiger partial charge in [0.25, 0.3) is 0 Å². The lowest BCUT2D eigenvalue weighted by molar-refractivity contribution is -0.119. The maximum absolute atomic E-state index is 12.9. The number of carbonyl (C=O) groups is 1. The lowest BCUT2D eigenvalue weighted by atomic mass is 10.1. The molecule has 5 nitrogen and oxygen atoms in total. The molecule has 1 aliphatic rings. The fourth-order valence-electron chi connectivity index (χ4n) is 3.19. The molecule has 132 valence electrons. The molecule has 1 fully saturated rings. The summed E-state index contributed by atoms with van der Waals surface area (Å²) in [4.78, 5) is 12.9. The Morgan fingerprint density at radius 1 is 1.12 bits per heavy atom. The predicted molar refractivity (Wildman–Crippen MR) is 97.9 cm³/mol. The van der Waals surface area contributed by atoms with Gasteiger partial charge in [-0.3, -0.25) is 4.79 Å². The average molecular weight is 358 g/mol. The van der Waals surface area contributed by atoms with Crippen LogP contribution in [0, 0.1) is 13.8 Å². The topological polar surface area (TPSA) is 66.5 Å². The minimum Gasteiger partial charge on any atom is -0.324 e. The van der Waals surface area contributed by atoms with Crippen molar-refractivity contribution in [2.45, 2.75) is 37.6 Å². The van der Waals surface area contributed by atoms with Gasteiger partial charge in [-0.25, -0.2) is 8.42 Å². The number of nitrogens with one attached hydrogen (secondary N) is 1. The van der Waals surface area contributed by atoms with Crippen LogP contribution in [0.5, 0.6) is 0 Å². The second-order valence-electron chi connectivity index (χ2n) is 6.39. The van der Waals surface area contributed by atoms with Gasteiger partial charge in [0, 0.05) is 12.2 Å². The van der Waals surface area contributed by atoms with Crippen molar-refractivity contribution in [1.29, 1.82) is 0 Å². The summed E-state index contributed by atoms with van der Waals surface area (Å²) < 4.78 is 27.0. The maximum atomic E-state index is 12.9. The highest BCUT2D eigenvalue weighted by Gasteiger charge is 2.39. The van der Waals surface area contributed by atoms with Crippen molar-refractivity contribution in [3.63, 3.8) is 0 Å². The minimum atomic E-state index is -3.67. The summed E-state index contributed by atoms with van der Waals surface area (Å²) in [6.45, 7) is 4.28. The molecule has 6 heteroatoms. The van der Waals surface area contributed by atoms with Crippen LogP contribution >= 0.6 is 0 Å². The Morgan fingerprint density at radius 3 is 2.52 bits per heavy atom. The number of aryl methyl sites for hydroxylation is 2. The molecular formula is C19H22N2O3S. The van der Waals surface area contributed by atoms with Crippen molar-refractivity contribution in [2.24, 2.45) is 0 Å². The van der Waals surface area contributed by atoms with Gasteiger partial charge in [0.05, 0.1) is 4.90 Å². The summed E-state index contributed by atoms with van der Waals surface area (Å²) >= 11 is 0. The Hall–Kier alpha value is -2.18. The molecule has 1 aliphatic heterocycles. The lowest BCUT2D eigenvalue weighted by Crippen LogP contribution is -2.43. The van der Waals surface area contributed by atoms with Crippen molar-refractivity contribution >= 4 is 21.6 Å². The number of anilines is 1. The second-order valence-corrected chi connectivity index (χ2v) is 8.29. The third-order valence-corrected chi connectivity index (χ3v) is 6.42. The number of hydrogen-bond acceptors (Lipinski definition) is 3. The Labute approximate surface area is 148 Å². The third kappa shape index (κ3) is 3.60. The number of nitrogens with zero attached hydrogens (tertiary/aromatic N) is 1. The molecule has 1 heterocycles. The molecule has 0 unspecified atom stereocenters. The first-order valence-electron chi connectivity index (χ1n) is 8.34. The number of rotatable bonds is 4. The zero-order valence-corrected chi connectivity index (χ0v) is 15.2. The molecule has 2 aromatic carbocycles. The quantitative estimate of drug-likeness (QED) is 0.913. The van der Waals surface area contributed by atoms with Crippen molar-refractivity contribution in [2.75, 3.05) is 11.9 Å². The fraction of sp³-hybridized carbons (Fsp3) is 0.316. The van der Waals surface area contributed by atoms with Gasteiger partial charge in [-0.05, 0) is 50.5 Å². The van der Waals surface area contributed by atoms with Crippen LogP contribution in [-0.4, -0.2) is 31.2 Å². The van der Waals surface area contributed by atoms with E-state index in [1.165, 1.54) is 4.31 Å². The molecule has 1 amide bonds. The maximum Gasteiger partial charge on any atom is 0.243 e.